The van der Waals surface area contributed by atoms with Gasteiger partial charge in [0.2, 0.25) is 0 Å². The Kier molecular flexibility index (Phi) is 6.14. The molecule has 9 heteroatoms. The van der Waals surface area contributed by atoms with Crippen LogP contribution in [0.4, 0.5) is 11.4 Å². The molecule has 0 aliphatic heterocycles. The molecular formula is C21H16N4O5. The van der Waals surface area contributed by atoms with Gasteiger partial charge in [0.05, 0.1) is 4.92 Å². The first-order valence-corrected chi connectivity index (χ1v) is 8.75. The molecule has 3 rings (SSSR count). The summed E-state index contributed by atoms with van der Waals surface area (Å²) < 4.78 is 0. The van der Waals surface area contributed by atoms with E-state index in [0.717, 1.165) is 0 Å². The van der Waals surface area contributed by atoms with Crippen LogP contribution in [0.1, 0.15) is 31.1 Å². The summed E-state index contributed by atoms with van der Waals surface area (Å²) in [7, 11) is 0. The molecule has 150 valence electrons. The van der Waals surface area contributed by atoms with E-state index in [-0.39, 0.29) is 22.7 Å². The SMILES string of the molecule is O=C(NNC(=O)c1cccc(NC(=O)c2ccccc2)c1)c1ccc([N+](=O)[O-])cc1. The van der Waals surface area contributed by atoms with Gasteiger partial charge < -0.3 is 5.32 Å². The zero-order valence-electron chi connectivity index (χ0n) is 15.5. The molecule has 3 N–H and O–H groups in total. The van der Waals surface area contributed by atoms with Crippen molar-refractivity contribution in [1.82, 2.24) is 10.9 Å². The molecule has 0 aromatic heterocycles. The number of non-ortho nitro benzene ring substituents is 1. The average molecular weight is 404 g/mol. The molecule has 0 aliphatic rings. The number of amides is 3. The molecule has 0 heterocycles. The molecule has 0 saturated carbocycles. The molecule has 30 heavy (non-hydrogen) atoms. The number of hydrogen-bond donors (Lipinski definition) is 3. The number of carbonyl (C=O) groups excluding carboxylic acids is 3. The van der Waals surface area contributed by atoms with Crippen LogP contribution in [-0.4, -0.2) is 22.6 Å². The van der Waals surface area contributed by atoms with Crippen LogP contribution in [0.2, 0.25) is 0 Å². The molecule has 0 bridgehead atoms. The van der Waals surface area contributed by atoms with Gasteiger partial charge in [0.1, 0.15) is 0 Å². The zero-order valence-corrected chi connectivity index (χ0v) is 15.5. The van der Waals surface area contributed by atoms with Gasteiger partial charge in [0, 0.05) is 34.5 Å². The molecule has 0 fully saturated rings. The lowest BCUT2D eigenvalue weighted by Crippen LogP contribution is -2.41. The van der Waals surface area contributed by atoms with Crippen LogP contribution in [0, 0.1) is 10.1 Å². The van der Waals surface area contributed by atoms with E-state index in [9.17, 15) is 24.5 Å². The highest BCUT2D eigenvalue weighted by Crippen LogP contribution is 2.13. The van der Waals surface area contributed by atoms with Crippen molar-refractivity contribution in [1.29, 1.82) is 0 Å². The van der Waals surface area contributed by atoms with Crippen molar-refractivity contribution < 1.29 is 19.3 Å². The Morgan fingerprint density at radius 1 is 0.667 bits per heavy atom. The van der Waals surface area contributed by atoms with Crippen molar-refractivity contribution in [2.45, 2.75) is 0 Å². The molecule has 0 atom stereocenters. The summed E-state index contributed by atoms with van der Waals surface area (Å²) in [5.41, 5.74) is 5.60. The lowest BCUT2D eigenvalue weighted by molar-refractivity contribution is -0.384. The Bertz CT molecular complexity index is 1100. The first-order chi connectivity index (χ1) is 14.4. The normalized spacial score (nSPS) is 10.0. The second-order valence-corrected chi connectivity index (χ2v) is 6.11. The van der Waals surface area contributed by atoms with Gasteiger partial charge in [-0.25, -0.2) is 0 Å². The second kappa shape index (κ2) is 9.11. The minimum Gasteiger partial charge on any atom is -0.322 e. The van der Waals surface area contributed by atoms with Crippen molar-refractivity contribution in [2.75, 3.05) is 5.32 Å². The van der Waals surface area contributed by atoms with E-state index in [1.54, 1.807) is 42.5 Å². The van der Waals surface area contributed by atoms with Gasteiger partial charge in [0.15, 0.2) is 0 Å². The second-order valence-electron chi connectivity index (χ2n) is 6.11. The largest absolute Gasteiger partial charge is 0.322 e. The fourth-order valence-corrected chi connectivity index (χ4v) is 2.52. The monoisotopic (exact) mass is 404 g/mol. The molecule has 3 amide bonds. The van der Waals surface area contributed by atoms with E-state index in [1.165, 1.54) is 36.4 Å². The Morgan fingerprint density at radius 3 is 1.87 bits per heavy atom. The Morgan fingerprint density at radius 2 is 1.23 bits per heavy atom. The third-order valence-corrected chi connectivity index (χ3v) is 4.05. The fraction of sp³-hybridized carbons (Fsp3) is 0. The van der Waals surface area contributed by atoms with E-state index in [1.807, 2.05) is 0 Å². The van der Waals surface area contributed by atoms with Crippen molar-refractivity contribution in [3.63, 3.8) is 0 Å². The van der Waals surface area contributed by atoms with Crippen molar-refractivity contribution in [3.05, 3.63) is 106 Å². The number of anilines is 1. The van der Waals surface area contributed by atoms with Gasteiger partial charge in [0.25, 0.3) is 23.4 Å². The Balaban J connectivity index is 1.60. The number of nitrogens with zero attached hydrogens (tertiary/aromatic N) is 1. The summed E-state index contributed by atoms with van der Waals surface area (Å²) in [4.78, 5) is 46.7. The lowest BCUT2D eigenvalue weighted by Gasteiger charge is -2.09. The minimum atomic E-state index is -0.633. The van der Waals surface area contributed by atoms with Gasteiger partial charge in [-0.1, -0.05) is 24.3 Å². The highest BCUT2D eigenvalue weighted by molar-refractivity contribution is 6.05. The predicted octanol–water partition coefficient (Wildman–Crippen LogP) is 2.92. The molecule has 0 spiro atoms. The molecule has 0 unspecified atom stereocenters. The van der Waals surface area contributed by atoms with Crippen molar-refractivity contribution in [3.8, 4) is 0 Å². The van der Waals surface area contributed by atoms with Crippen LogP contribution in [0.25, 0.3) is 0 Å². The summed E-state index contributed by atoms with van der Waals surface area (Å²) in [6.45, 7) is 0. The number of benzene rings is 3. The fourth-order valence-electron chi connectivity index (χ4n) is 2.52. The van der Waals surface area contributed by atoms with Gasteiger partial charge in [-0.15, -0.1) is 0 Å². The van der Waals surface area contributed by atoms with Crippen LogP contribution in [-0.2, 0) is 0 Å². The molecule has 3 aromatic rings. The number of nitro benzene ring substituents is 1. The van der Waals surface area contributed by atoms with Gasteiger partial charge >= 0.3 is 0 Å². The summed E-state index contributed by atoms with van der Waals surface area (Å²) >= 11 is 0. The molecule has 3 aromatic carbocycles. The lowest BCUT2D eigenvalue weighted by atomic mass is 10.1. The maximum absolute atomic E-state index is 12.3. The van der Waals surface area contributed by atoms with Crippen LogP contribution >= 0.6 is 0 Å². The van der Waals surface area contributed by atoms with E-state index < -0.39 is 16.7 Å². The topological polar surface area (TPSA) is 130 Å². The summed E-state index contributed by atoms with van der Waals surface area (Å²) in [5.74, 6) is -1.55. The molecule has 9 nitrogen and oxygen atoms in total. The minimum absolute atomic E-state index is 0.143. The number of hydrazine groups is 1. The van der Waals surface area contributed by atoms with E-state index in [2.05, 4.69) is 16.2 Å². The third kappa shape index (κ3) is 5.04. The van der Waals surface area contributed by atoms with Crippen LogP contribution < -0.4 is 16.2 Å². The molecule has 0 aliphatic carbocycles. The van der Waals surface area contributed by atoms with Gasteiger partial charge in [-0.05, 0) is 42.5 Å². The maximum atomic E-state index is 12.3. The van der Waals surface area contributed by atoms with E-state index in [4.69, 9.17) is 0 Å². The van der Waals surface area contributed by atoms with Crippen LogP contribution in [0.15, 0.2) is 78.9 Å². The zero-order chi connectivity index (χ0) is 21.5. The quantitative estimate of drug-likeness (QED) is 0.445. The number of rotatable bonds is 5. The summed E-state index contributed by atoms with van der Waals surface area (Å²) in [5, 5.41) is 13.3. The van der Waals surface area contributed by atoms with E-state index in [0.29, 0.717) is 11.3 Å². The summed E-state index contributed by atoms with van der Waals surface area (Å²) in [6.07, 6.45) is 0. The van der Waals surface area contributed by atoms with Crippen LogP contribution in [0.5, 0.6) is 0 Å². The van der Waals surface area contributed by atoms with Crippen molar-refractivity contribution >= 4 is 29.1 Å². The number of hydrogen-bond acceptors (Lipinski definition) is 5. The highest BCUT2D eigenvalue weighted by Gasteiger charge is 2.12. The molecule has 0 saturated heterocycles. The summed E-state index contributed by atoms with van der Waals surface area (Å²) in [6, 6.07) is 19.8. The van der Waals surface area contributed by atoms with Crippen LogP contribution in [0.3, 0.4) is 0 Å². The van der Waals surface area contributed by atoms with E-state index >= 15 is 0 Å². The average Bonchev–Trinajstić information content (AvgIpc) is 2.78. The first-order valence-electron chi connectivity index (χ1n) is 8.75. The number of carbonyl (C=O) groups is 3. The Labute approximate surface area is 170 Å². The standard InChI is InChI=1S/C21H16N4O5/c26-19(14-5-2-1-3-6-14)22-17-8-4-7-16(13-17)21(28)24-23-20(27)15-9-11-18(12-10-15)25(29)30/h1-13H,(H,22,26)(H,23,27)(H,24,28). The molecule has 0 radical (unpaired) electrons. The Hall–Kier alpha value is -4.53. The van der Waals surface area contributed by atoms with Gasteiger partial charge in [-0.3, -0.25) is 35.3 Å². The molecular weight excluding hydrogens is 388 g/mol. The third-order valence-electron chi connectivity index (χ3n) is 4.05. The van der Waals surface area contributed by atoms with Crippen molar-refractivity contribution in [2.24, 2.45) is 0 Å². The highest BCUT2D eigenvalue weighted by atomic mass is 16.6. The number of nitrogens with one attached hydrogen (secondary N) is 3. The first kappa shape index (κ1) is 20.2. The predicted molar refractivity (Wildman–Crippen MR) is 109 cm³/mol. The van der Waals surface area contributed by atoms with Gasteiger partial charge in [-0.2, -0.15) is 0 Å². The maximum Gasteiger partial charge on any atom is 0.269 e. The number of nitro groups is 1. The smallest absolute Gasteiger partial charge is 0.269 e.